The number of hydrogen-bond donors (Lipinski definition) is 1. The van der Waals surface area contributed by atoms with Crippen LogP contribution in [0.25, 0.3) is 0 Å². The van der Waals surface area contributed by atoms with Crippen molar-refractivity contribution in [2.24, 2.45) is 0 Å². The highest BCUT2D eigenvalue weighted by Gasteiger charge is 2.37. The number of aliphatic hydroxyl groups is 1. The van der Waals surface area contributed by atoms with Crippen LogP contribution in [-0.4, -0.2) is 34.6 Å². The average molecular weight is 343 g/mol. The zero-order valence-electron chi connectivity index (χ0n) is 13.9. The molecule has 1 unspecified atom stereocenters. The normalized spacial score (nSPS) is 19.1. The van der Waals surface area contributed by atoms with Gasteiger partial charge in [-0.05, 0) is 40.5 Å². The molecule has 0 spiro atoms. The molecule has 1 N–H and O–H groups in total. The van der Waals surface area contributed by atoms with Crippen LogP contribution in [0.1, 0.15) is 46.3 Å². The van der Waals surface area contributed by atoms with E-state index in [2.05, 4.69) is 19.0 Å². The quantitative estimate of drug-likeness (QED) is 0.824. The predicted octanol–water partition coefficient (Wildman–Crippen LogP) is 2.99. The highest BCUT2D eigenvalue weighted by Crippen LogP contribution is 2.31. The summed E-state index contributed by atoms with van der Waals surface area (Å²) in [7, 11) is 0. The lowest BCUT2D eigenvalue weighted by molar-refractivity contribution is -0.115. The summed E-state index contributed by atoms with van der Waals surface area (Å²) in [5.74, 6) is 0.471. The van der Waals surface area contributed by atoms with Crippen LogP contribution in [0, 0.1) is 0 Å². The van der Waals surface area contributed by atoms with Gasteiger partial charge in [0, 0.05) is 24.7 Å². The SMILES string of the molecule is CCOC(C)(C)CCCc1cc(N2C(=O)C(Cl)=C(C)C2O)no1. The molecule has 23 heavy (non-hydrogen) atoms. The van der Waals surface area contributed by atoms with Crippen molar-refractivity contribution in [3.8, 4) is 0 Å². The number of aliphatic hydroxyl groups excluding tert-OH is 1. The van der Waals surface area contributed by atoms with E-state index in [1.807, 2.05) is 6.92 Å². The highest BCUT2D eigenvalue weighted by molar-refractivity contribution is 6.45. The number of hydrogen-bond acceptors (Lipinski definition) is 5. The second-order valence-corrected chi connectivity index (χ2v) is 6.62. The first-order valence-electron chi connectivity index (χ1n) is 7.74. The summed E-state index contributed by atoms with van der Waals surface area (Å²) in [5, 5.41) is 14.0. The average Bonchev–Trinajstić information content (AvgIpc) is 2.99. The lowest BCUT2D eigenvalue weighted by Gasteiger charge is -2.24. The molecule has 1 aliphatic rings. The summed E-state index contributed by atoms with van der Waals surface area (Å²) in [4.78, 5) is 13.2. The Labute approximate surface area is 141 Å². The van der Waals surface area contributed by atoms with Gasteiger partial charge >= 0.3 is 0 Å². The maximum atomic E-state index is 12.0. The third kappa shape index (κ3) is 3.94. The van der Waals surface area contributed by atoms with Gasteiger partial charge in [0.1, 0.15) is 10.8 Å². The first-order chi connectivity index (χ1) is 10.8. The number of nitrogens with zero attached hydrogens (tertiary/aromatic N) is 2. The molecular formula is C16H23ClN2O4. The molecule has 0 bridgehead atoms. The third-order valence-electron chi connectivity index (χ3n) is 3.92. The molecular weight excluding hydrogens is 320 g/mol. The highest BCUT2D eigenvalue weighted by atomic mass is 35.5. The van der Waals surface area contributed by atoms with Crippen LogP contribution in [0.15, 0.2) is 21.2 Å². The van der Waals surface area contributed by atoms with E-state index in [0.29, 0.717) is 24.4 Å². The van der Waals surface area contributed by atoms with Gasteiger partial charge in [-0.3, -0.25) is 9.69 Å². The summed E-state index contributed by atoms with van der Waals surface area (Å²) < 4.78 is 10.9. The van der Waals surface area contributed by atoms with Gasteiger partial charge in [-0.15, -0.1) is 0 Å². The lowest BCUT2D eigenvalue weighted by Crippen LogP contribution is -2.35. The second-order valence-electron chi connectivity index (χ2n) is 6.24. The minimum atomic E-state index is -1.09. The molecule has 0 radical (unpaired) electrons. The molecule has 0 aliphatic carbocycles. The molecule has 1 amide bonds. The van der Waals surface area contributed by atoms with E-state index in [9.17, 15) is 9.90 Å². The van der Waals surface area contributed by atoms with E-state index >= 15 is 0 Å². The van der Waals surface area contributed by atoms with Gasteiger partial charge in [0.05, 0.1) is 5.60 Å². The Morgan fingerprint density at radius 3 is 2.78 bits per heavy atom. The minimum absolute atomic E-state index is 0.0283. The van der Waals surface area contributed by atoms with E-state index in [-0.39, 0.29) is 16.5 Å². The number of anilines is 1. The second kappa shape index (κ2) is 7.03. The molecule has 0 saturated heterocycles. The number of carbonyl (C=O) groups excluding carboxylic acids is 1. The maximum absolute atomic E-state index is 12.0. The third-order valence-corrected chi connectivity index (χ3v) is 4.37. The number of aryl methyl sites for hydroxylation is 1. The van der Waals surface area contributed by atoms with Crippen LogP contribution in [0.5, 0.6) is 0 Å². The first kappa shape index (κ1) is 18.0. The minimum Gasteiger partial charge on any atom is -0.376 e. The van der Waals surface area contributed by atoms with E-state index in [0.717, 1.165) is 17.7 Å². The number of carbonyl (C=O) groups is 1. The Morgan fingerprint density at radius 2 is 2.22 bits per heavy atom. The predicted molar refractivity (Wildman–Crippen MR) is 87.2 cm³/mol. The largest absolute Gasteiger partial charge is 0.376 e. The van der Waals surface area contributed by atoms with E-state index < -0.39 is 12.1 Å². The molecule has 0 saturated carbocycles. The maximum Gasteiger partial charge on any atom is 0.273 e. The summed E-state index contributed by atoms with van der Waals surface area (Å²) in [5.41, 5.74) is 0.243. The Bertz CT molecular complexity index is 609. The molecule has 1 atom stereocenters. The molecule has 1 aromatic heterocycles. The van der Waals surface area contributed by atoms with Gasteiger partial charge in [0.25, 0.3) is 5.91 Å². The summed E-state index contributed by atoms with van der Waals surface area (Å²) in [6.45, 7) is 8.38. The van der Waals surface area contributed by atoms with Gasteiger partial charge in [0.15, 0.2) is 12.0 Å². The van der Waals surface area contributed by atoms with Gasteiger partial charge in [-0.1, -0.05) is 16.8 Å². The van der Waals surface area contributed by atoms with E-state index in [1.54, 1.807) is 13.0 Å². The number of amides is 1. The molecule has 1 aliphatic heterocycles. The number of ether oxygens (including phenoxy) is 1. The van der Waals surface area contributed by atoms with Crippen molar-refractivity contribution in [2.45, 2.75) is 58.8 Å². The fraction of sp³-hybridized carbons (Fsp3) is 0.625. The molecule has 0 aromatic carbocycles. The lowest BCUT2D eigenvalue weighted by atomic mass is 10.0. The zero-order chi connectivity index (χ0) is 17.2. The van der Waals surface area contributed by atoms with Crippen molar-refractivity contribution >= 4 is 23.3 Å². The Hall–Kier alpha value is -1.37. The van der Waals surface area contributed by atoms with Crippen LogP contribution in [-0.2, 0) is 16.0 Å². The summed E-state index contributed by atoms with van der Waals surface area (Å²) in [6.07, 6.45) is 1.34. The molecule has 2 heterocycles. The van der Waals surface area contributed by atoms with Crippen molar-refractivity contribution < 1.29 is 19.2 Å². The van der Waals surface area contributed by atoms with Crippen molar-refractivity contribution in [3.63, 3.8) is 0 Å². The summed E-state index contributed by atoms with van der Waals surface area (Å²) in [6, 6.07) is 1.66. The number of rotatable bonds is 7. The van der Waals surface area contributed by atoms with Crippen molar-refractivity contribution in [1.29, 1.82) is 0 Å². The van der Waals surface area contributed by atoms with Crippen LogP contribution >= 0.6 is 11.6 Å². The van der Waals surface area contributed by atoms with Gasteiger partial charge in [-0.2, -0.15) is 0 Å². The fourth-order valence-electron chi connectivity index (χ4n) is 2.61. The van der Waals surface area contributed by atoms with Gasteiger partial charge in [0.2, 0.25) is 0 Å². The molecule has 6 nitrogen and oxygen atoms in total. The van der Waals surface area contributed by atoms with Crippen LogP contribution in [0.3, 0.4) is 0 Å². The van der Waals surface area contributed by atoms with Crippen LogP contribution < -0.4 is 4.90 Å². The van der Waals surface area contributed by atoms with Crippen LogP contribution in [0.2, 0.25) is 0 Å². The smallest absolute Gasteiger partial charge is 0.273 e. The van der Waals surface area contributed by atoms with Crippen molar-refractivity contribution in [1.82, 2.24) is 5.16 Å². The first-order valence-corrected chi connectivity index (χ1v) is 8.12. The molecule has 1 aromatic rings. The molecule has 0 fully saturated rings. The summed E-state index contributed by atoms with van der Waals surface area (Å²) >= 11 is 5.88. The molecule has 7 heteroatoms. The Morgan fingerprint density at radius 1 is 1.52 bits per heavy atom. The number of halogens is 1. The Kier molecular flexibility index (Phi) is 5.49. The zero-order valence-corrected chi connectivity index (χ0v) is 14.7. The van der Waals surface area contributed by atoms with E-state index in [4.69, 9.17) is 20.9 Å². The van der Waals surface area contributed by atoms with Crippen LogP contribution in [0.4, 0.5) is 5.82 Å². The van der Waals surface area contributed by atoms with Crippen molar-refractivity contribution in [2.75, 3.05) is 11.5 Å². The monoisotopic (exact) mass is 342 g/mol. The number of aromatic nitrogens is 1. The van der Waals surface area contributed by atoms with E-state index in [1.165, 1.54) is 0 Å². The standard InChI is InChI=1S/C16H23ClN2O4/c1-5-22-16(3,4)8-6-7-11-9-12(18-23-11)19-14(20)10(2)13(17)15(19)21/h9,14,20H,5-8H2,1-4H3. The topological polar surface area (TPSA) is 75.8 Å². The molecule has 128 valence electrons. The Balaban J connectivity index is 1.96. The van der Waals surface area contributed by atoms with Gasteiger partial charge < -0.3 is 14.4 Å². The van der Waals surface area contributed by atoms with Crippen molar-refractivity contribution in [3.05, 3.63) is 22.4 Å². The molecule has 2 rings (SSSR count). The fourth-order valence-corrected chi connectivity index (χ4v) is 2.80. The van der Waals surface area contributed by atoms with Gasteiger partial charge in [-0.25, -0.2) is 0 Å².